The van der Waals surface area contributed by atoms with Gasteiger partial charge in [-0.15, -0.1) is 0 Å². The van der Waals surface area contributed by atoms with Crippen LogP contribution in [0, 0.1) is 0 Å². The quantitative estimate of drug-likeness (QED) is 0.316. The highest BCUT2D eigenvalue weighted by Crippen LogP contribution is 2.45. The van der Waals surface area contributed by atoms with Crippen molar-refractivity contribution in [3.63, 3.8) is 0 Å². The van der Waals surface area contributed by atoms with Crippen molar-refractivity contribution >= 4 is 26.8 Å². The summed E-state index contributed by atoms with van der Waals surface area (Å²) in [4.78, 5) is 41.1. The second-order valence-electron chi connectivity index (χ2n) is 10.1. The van der Waals surface area contributed by atoms with Gasteiger partial charge in [0.15, 0.2) is 27.1 Å². The van der Waals surface area contributed by atoms with Gasteiger partial charge in [0.05, 0.1) is 41.9 Å². The zero-order valence-corrected chi connectivity index (χ0v) is 23.2. The monoisotopic (exact) mass is 564 g/mol. The normalized spacial score (nSPS) is 15.9. The Balaban J connectivity index is 0.00000337. The van der Waals surface area contributed by atoms with Crippen LogP contribution in [0.3, 0.4) is 0 Å². The summed E-state index contributed by atoms with van der Waals surface area (Å²) in [7, 11) is -1.78. The van der Waals surface area contributed by atoms with E-state index in [1.807, 2.05) is 0 Å². The van der Waals surface area contributed by atoms with Crippen LogP contribution in [0.25, 0.3) is 22.6 Å². The highest BCUT2D eigenvalue weighted by atomic mass is 32.2. The molecule has 0 radical (unpaired) electrons. The number of hydrogen-bond acceptors (Lipinski definition) is 11. The molecule has 0 aliphatic heterocycles. The summed E-state index contributed by atoms with van der Waals surface area (Å²) in [6, 6.07) is 3.16. The van der Waals surface area contributed by atoms with Gasteiger partial charge in [0.25, 0.3) is 5.56 Å². The molecule has 0 saturated heterocycles. The highest BCUT2D eigenvalue weighted by Gasteiger charge is 2.32. The number of hydrogen-bond donors (Lipinski definition) is 1. The van der Waals surface area contributed by atoms with Gasteiger partial charge in [-0.25, -0.2) is 33.3 Å². The molecule has 0 amide bonds. The Kier molecular flexibility index (Phi) is 6.90. The van der Waals surface area contributed by atoms with E-state index in [0.29, 0.717) is 40.0 Å². The molecule has 0 aromatic carbocycles. The summed E-state index contributed by atoms with van der Waals surface area (Å²) in [5.41, 5.74) is 2.78. The molecule has 210 valence electrons. The van der Waals surface area contributed by atoms with Crippen molar-refractivity contribution in [2.75, 3.05) is 18.2 Å². The number of ether oxygens (including phenoxy) is 1. The SMILES string of the molecule is CCS(=O)(=O)c1ccc(CNc2nc3cnc(-c4c(OC)ncnc4C4CC4)nc3n(C3CCCC3)c2=O)nc1.[HH]. The van der Waals surface area contributed by atoms with Crippen LogP contribution >= 0.6 is 0 Å². The molecule has 2 saturated carbocycles. The van der Waals surface area contributed by atoms with E-state index in [0.717, 1.165) is 44.2 Å². The number of anilines is 1. The summed E-state index contributed by atoms with van der Waals surface area (Å²) in [6.45, 7) is 1.79. The minimum absolute atomic E-state index is 0. The van der Waals surface area contributed by atoms with E-state index in [4.69, 9.17) is 9.72 Å². The van der Waals surface area contributed by atoms with Crippen LogP contribution in [0.15, 0.2) is 40.5 Å². The van der Waals surface area contributed by atoms with Crippen molar-refractivity contribution in [3.05, 3.63) is 52.6 Å². The lowest BCUT2D eigenvalue weighted by Crippen LogP contribution is -2.28. The third kappa shape index (κ3) is 4.89. The molecule has 2 aliphatic carbocycles. The Morgan fingerprint density at radius 1 is 1.05 bits per heavy atom. The summed E-state index contributed by atoms with van der Waals surface area (Å²) in [5.74, 6) is 1.30. The van der Waals surface area contributed by atoms with E-state index in [1.54, 1.807) is 30.9 Å². The lowest BCUT2D eigenvalue weighted by atomic mass is 10.1. The van der Waals surface area contributed by atoms with Gasteiger partial charge in [0, 0.05) is 19.6 Å². The first-order valence-corrected chi connectivity index (χ1v) is 15.1. The van der Waals surface area contributed by atoms with Crippen molar-refractivity contribution in [3.8, 4) is 17.3 Å². The molecule has 12 nitrogen and oxygen atoms in total. The van der Waals surface area contributed by atoms with Crippen LogP contribution in [0.2, 0.25) is 0 Å². The van der Waals surface area contributed by atoms with Crippen LogP contribution < -0.4 is 15.6 Å². The first kappa shape index (κ1) is 26.2. The maximum absolute atomic E-state index is 13.8. The van der Waals surface area contributed by atoms with E-state index in [9.17, 15) is 13.2 Å². The summed E-state index contributed by atoms with van der Waals surface area (Å²) in [6.07, 6.45) is 10.3. The van der Waals surface area contributed by atoms with E-state index in [1.165, 1.54) is 18.6 Å². The fourth-order valence-electron chi connectivity index (χ4n) is 5.19. The Morgan fingerprint density at radius 2 is 1.85 bits per heavy atom. The van der Waals surface area contributed by atoms with Gasteiger partial charge in [-0.2, -0.15) is 0 Å². The Hall–Kier alpha value is -4.00. The van der Waals surface area contributed by atoms with Crippen molar-refractivity contribution in [1.29, 1.82) is 0 Å². The lowest BCUT2D eigenvalue weighted by molar-refractivity contribution is 0.397. The number of aromatic nitrogens is 7. The fourth-order valence-corrected chi connectivity index (χ4v) is 6.01. The number of nitrogens with one attached hydrogen (secondary N) is 1. The molecule has 2 aliphatic rings. The third-order valence-corrected chi connectivity index (χ3v) is 9.24. The lowest BCUT2D eigenvalue weighted by Gasteiger charge is -2.18. The van der Waals surface area contributed by atoms with E-state index in [-0.39, 0.29) is 36.0 Å². The van der Waals surface area contributed by atoms with Crippen molar-refractivity contribution in [1.82, 2.24) is 34.5 Å². The molecule has 0 atom stereocenters. The van der Waals surface area contributed by atoms with Gasteiger partial charge in [-0.1, -0.05) is 19.8 Å². The van der Waals surface area contributed by atoms with Crippen molar-refractivity contribution < 1.29 is 14.6 Å². The number of nitrogens with zero attached hydrogens (tertiary/aromatic N) is 7. The second-order valence-corrected chi connectivity index (χ2v) is 12.4. The predicted molar refractivity (Wildman–Crippen MR) is 150 cm³/mol. The number of methoxy groups -OCH3 is 1. The van der Waals surface area contributed by atoms with Gasteiger partial charge < -0.3 is 10.1 Å². The van der Waals surface area contributed by atoms with Crippen molar-refractivity contribution in [2.45, 2.75) is 68.8 Å². The van der Waals surface area contributed by atoms with Gasteiger partial charge in [-0.05, 0) is 37.8 Å². The molecule has 4 aromatic rings. The summed E-state index contributed by atoms with van der Waals surface area (Å²) in [5, 5.41) is 3.10. The molecule has 0 unspecified atom stereocenters. The van der Waals surface area contributed by atoms with Gasteiger partial charge in [-0.3, -0.25) is 14.3 Å². The molecule has 1 N–H and O–H groups in total. The first-order valence-electron chi connectivity index (χ1n) is 13.5. The Labute approximate surface area is 232 Å². The fraction of sp³-hybridized carbons (Fsp3) is 0.444. The third-order valence-electron chi connectivity index (χ3n) is 7.52. The topological polar surface area (TPSA) is 155 Å². The maximum atomic E-state index is 13.8. The molecule has 13 heteroatoms. The van der Waals surface area contributed by atoms with Crippen LogP contribution in [0.5, 0.6) is 5.88 Å². The molecule has 0 bridgehead atoms. The number of rotatable bonds is 9. The average Bonchev–Trinajstić information content (AvgIpc) is 3.69. The largest absolute Gasteiger partial charge is 0.480 e. The predicted octanol–water partition coefficient (Wildman–Crippen LogP) is 3.69. The first-order chi connectivity index (χ1) is 19.4. The molecule has 4 heterocycles. The van der Waals surface area contributed by atoms with E-state index in [2.05, 4.69) is 30.2 Å². The summed E-state index contributed by atoms with van der Waals surface area (Å²) < 4.78 is 31.5. The van der Waals surface area contributed by atoms with Gasteiger partial charge >= 0.3 is 0 Å². The molecule has 6 rings (SSSR count). The van der Waals surface area contributed by atoms with Crippen molar-refractivity contribution in [2.24, 2.45) is 0 Å². The summed E-state index contributed by atoms with van der Waals surface area (Å²) >= 11 is 0. The molecule has 4 aromatic heterocycles. The zero-order valence-electron chi connectivity index (χ0n) is 22.4. The second kappa shape index (κ2) is 10.5. The minimum atomic E-state index is -3.34. The van der Waals surface area contributed by atoms with Crippen LogP contribution in [0.1, 0.15) is 70.2 Å². The smallest absolute Gasteiger partial charge is 0.295 e. The maximum Gasteiger partial charge on any atom is 0.295 e. The highest BCUT2D eigenvalue weighted by molar-refractivity contribution is 7.91. The Morgan fingerprint density at radius 3 is 2.52 bits per heavy atom. The van der Waals surface area contributed by atoms with E-state index >= 15 is 0 Å². The minimum Gasteiger partial charge on any atom is -0.480 e. The molecule has 0 spiro atoms. The molecule has 40 heavy (non-hydrogen) atoms. The molecular formula is C27H32N8O4S. The van der Waals surface area contributed by atoms with Crippen LogP contribution in [-0.4, -0.2) is 55.8 Å². The van der Waals surface area contributed by atoms with Crippen LogP contribution in [0.4, 0.5) is 5.82 Å². The molecule has 2 fully saturated rings. The van der Waals surface area contributed by atoms with Crippen LogP contribution in [-0.2, 0) is 16.4 Å². The standard InChI is InChI=1S/C27H30N8O4S.H2/c1-3-40(37,38)19-11-10-17(28-13-19)12-29-24-27(36)35(18-6-4-5-7-18)25-20(33-24)14-30-23(34-25)21-22(16-8-9-16)31-15-32-26(21)39-2;/h10-11,13-16,18H,3-9,12H2,1-2H3,(H,29,33);1H. The van der Waals surface area contributed by atoms with E-state index < -0.39 is 9.84 Å². The van der Waals surface area contributed by atoms with Gasteiger partial charge in [0.1, 0.15) is 17.4 Å². The van der Waals surface area contributed by atoms with Gasteiger partial charge in [0.2, 0.25) is 5.88 Å². The number of fused-ring (bicyclic) bond motifs is 1. The number of pyridine rings is 1. The zero-order chi connectivity index (χ0) is 27.9. The Bertz CT molecular complexity index is 1740. The number of sulfone groups is 1. The average molecular weight is 565 g/mol. The molecular weight excluding hydrogens is 532 g/mol.